The van der Waals surface area contributed by atoms with E-state index in [1.54, 1.807) is 0 Å². The molecule has 1 rings (SSSR count). The van der Waals surface area contributed by atoms with Crippen LogP contribution in [0.3, 0.4) is 0 Å². The fraction of sp³-hybridized carbons (Fsp3) is 1.00. The minimum atomic E-state index is 0.263. The Labute approximate surface area is 119 Å². The van der Waals surface area contributed by atoms with Crippen LogP contribution in [0.1, 0.15) is 53.9 Å². The Morgan fingerprint density at radius 1 is 1.26 bits per heavy atom. The van der Waals surface area contributed by atoms with Crippen molar-refractivity contribution in [2.75, 3.05) is 26.4 Å². The number of rotatable bonds is 10. The van der Waals surface area contributed by atoms with Crippen LogP contribution in [0.15, 0.2) is 0 Å². The summed E-state index contributed by atoms with van der Waals surface area (Å²) in [5, 5.41) is 3.64. The van der Waals surface area contributed by atoms with Gasteiger partial charge in [0.2, 0.25) is 0 Å². The van der Waals surface area contributed by atoms with Crippen LogP contribution in [0.5, 0.6) is 0 Å². The van der Waals surface area contributed by atoms with Gasteiger partial charge in [0.05, 0.1) is 6.10 Å². The van der Waals surface area contributed by atoms with Gasteiger partial charge in [-0.3, -0.25) is 0 Å². The van der Waals surface area contributed by atoms with Crippen LogP contribution in [0.25, 0.3) is 0 Å². The van der Waals surface area contributed by atoms with Gasteiger partial charge >= 0.3 is 0 Å². The van der Waals surface area contributed by atoms with Gasteiger partial charge in [-0.1, -0.05) is 34.6 Å². The van der Waals surface area contributed by atoms with Crippen molar-refractivity contribution < 1.29 is 9.47 Å². The van der Waals surface area contributed by atoms with Crippen LogP contribution in [-0.4, -0.2) is 38.5 Å². The van der Waals surface area contributed by atoms with E-state index in [1.165, 1.54) is 0 Å². The molecule has 0 aromatic rings. The van der Waals surface area contributed by atoms with Gasteiger partial charge in [0.15, 0.2) is 0 Å². The monoisotopic (exact) mass is 271 g/mol. The first-order chi connectivity index (χ1) is 8.98. The largest absolute Gasteiger partial charge is 0.381 e. The van der Waals surface area contributed by atoms with E-state index in [0.717, 1.165) is 45.6 Å². The molecule has 0 radical (unpaired) electrons. The Morgan fingerprint density at radius 3 is 2.58 bits per heavy atom. The topological polar surface area (TPSA) is 30.5 Å². The molecule has 2 unspecified atom stereocenters. The summed E-state index contributed by atoms with van der Waals surface area (Å²) >= 11 is 0. The maximum absolute atomic E-state index is 5.98. The molecule has 19 heavy (non-hydrogen) atoms. The van der Waals surface area contributed by atoms with Gasteiger partial charge < -0.3 is 14.8 Å². The van der Waals surface area contributed by atoms with Gasteiger partial charge in [-0.15, -0.1) is 0 Å². The van der Waals surface area contributed by atoms with E-state index >= 15 is 0 Å². The second kappa shape index (κ2) is 8.23. The first-order valence-corrected chi connectivity index (χ1v) is 7.91. The predicted molar refractivity (Wildman–Crippen MR) is 80.5 cm³/mol. The molecule has 2 atom stereocenters. The van der Waals surface area contributed by atoms with Gasteiger partial charge in [-0.2, -0.15) is 0 Å². The molecule has 0 aromatic heterocycles. The van der Waals surface area contributed by atoms with E-state index < -0.39 is 0 Å². The number of hydrogen-bond donors (Lipinski definition) is 1. The fourth-order valence-electron chi connectivity index (χ4n) is 2.52. The standard InChI is InChI=1S/C16H33NO2/c1-6-9-18-10-7-8-17-14-11-15(16(14,4)5)19-12-13(2)3/h13-15,17H,6-12H2,1-5H3. The molecule has 0 heterocycles. The first kappa shape index (κ1) is 16.9. The van der Waals surface area contributed by atoms with Crippen LogP contribution in [0.4, 0.5) is 0 Å². The molecule has 0 spiro atoms. The lowest BCUT2D eigenvalue weighted by Gasteiger charge is -2.52. The Hall–Kier alpha value is -0.120. The quantitative estimate of drug-likeness (QED) is 0.619. The smallest absolute Gasteiger partial charge is 0.0656 e. The fourth-order valence-corrected chi connectivity index (χ4v) is 2.52. The lowest BCUT2D eigenvalue weighted by atomic mass is 9.64. The van der Waals surface area contributed by atoms with Crippen molar-refractivity contribution in [1.29, 1.82) is 0 Å². The molecule has 3 nitrogen and oxygen atoms in total. The average Bonchev–Trinajstić information content (AvgIpc) is 2.34. The van der Waals surface area contributed by atoms with Crippen molar-refractivity contribution in [3.8, 4) is 0 Å². The van der Waals surface area contributed by atoms with Crippen molar-refractivity contribution in [3.63, 3.8) is 0 Å². The zero-order valence-electron chi connectivity index (χ0n) is 13.5. The predicted octanol–water partition coefficient (Wildman–Crippen LogP) is 3.23. The molecule has 0 aromatic carbocycles. The molecular weight excluding hydrogens is 238 g/mol. The molecule has 1 aliphatic carbocycles. The van der Waals surface area contributed by atoms with Crippen LogP contribution >= 0.6 is 0 Å². The summed E-state index contributed by atoms with van der Waals surface area (Å²) in [5.41, 5.74) is 0.263. The van der Waals surface area contributed by atoms with Crippen LogP contribution in [0, 0.1) is 11.3 Å². The van der Waals surface area contributed by atoms with Gasteiger partial charge in [-0.05, 0) is 31.7 Å². The van der Waals surface area contributed by atoms with Crippen LogP contribution in [-0.2, 0) is 9.47 Å². The Kier molecular flexibility index (Phi) is 7.33. The van der Waals surface area contributed by atoms with E-state index in [2.05, 4.69) is 39.9 Å². The third-order valence-corrected chi connectivity index (χ3v) is 4.01. The molecule has 0 aliphatic heterocycles. The van der Waals surface area contributed by atoms with E-state index in [0.29, 0.717) is 18.1 Å². The molecule has 1 N–H and O–H groups in total. The summed E-state index contributed by atoms with van der Waals surface area (Å²) in [4.78, 5) is 0. The minimum absolute atomic E-state index is 0.263. The maximum atomic E-state index is 5.98. The third-order valence-electron chi connectivity index (χ3n) is 4.01. The first-order valence-electron chi connectivity index (χ1n) is 7.91. The molecule has 0 bridgehead atoms. The summed E-state index contributed by atoms with van der Waals surface area (Å²) in [5.74, 6) is 0.624. The van der Waals surface area contributed by atoms with Gasteiger partial charge in [0, 0.05) is 31.3 Å². The highest BCUT2D eigenvalue weighted by Crippen LogP contribution is 2.42. The van der Waals surface area contributed by atoms with Gasteiger partial charge in [0.1, 0.15) is 0 Å². The molecule has 0 amide bonds. The van der Waals surface area contributed by atoms with E-state index in [4.69, 9.17) is 9.47 Å². The second-order valence-electron chi connectivity index (χ2n) is 6.75. The number of ether oxygens (including phenoxy) is 2. The van der Waals surface area contributed by atoms with Crippen molar-refractivity contribution in [3.05, 3.63) is 0 Å². The summed E-state index contributed by atoms with van der Waals surface area (Å²) in [6.45, 7) is 14.9. The molecule has 0 saturated heterocycles. The van der Waals surface area contributed by atoms with E-state index in [9.17, 15) is 0 Å². The molecule has 114 valence electrons. The highest BCUT2D eigenvalue weighted by Gasteiger charge is 2.48. The van der Waals surface area contributed by atoms with Crippen LogP contribution < -0.4 is 5.32 Å². The zero-order valence-corrected chi connectivity index (χ0v) is 13.5. The molecular formula is C16H33NO2. The summed E-state index contributed by atoms with van der Waals surface area (Å²) < 4.78 is 11.5. The summed E-state index contributed by atoms with van der Waals surface area (Å²) in [6.07, 6.45) is 3.78. The number of nitrogens with one attached hydrogen (secondary N) is 1. The Balaban J connectivity index is 2.09. The lowest BCUT2D eigenvalue weighted by Crippen LogP contribution is -2.61. The Bertz CT molecular complexity index is 241. The molecule has 3 heteroatoms. The third kappa shape index (κ3) is 5.41. The molecule has 1 saturated carbocycles. The van der Waals surface area contributed by atoms with Crippen molar-refractivity contribution >= 4 is 0 Å². The summed E-state index contributed by atoms with van der Waals surface area (Å²) in [7, 11) is 0. The minimum Gasteiger partial charge on any atom is -0.381 e. The number of hydrogen-bond acceptors (Lipinski definition) is 3. The SMILES string of the molecule is CCCOCCCNC1CC(OCC(C)C)C1(C)C. The highest BCUT2D eigenvalue weighted by molar-refractivity contribution is 5.02. The molecule has 1 fully saturated rings. The maximum Gasteiger partial charge on any atom is 0.0656 e. The van der Waals surface area contributed by atoms with Crippen molar-refractivity contribution in [2.45, 2.75) is 66.0 Å². The van der Waals surface area contributed by atoms with Gasteiger partial charge in [0.25, 0.3) is 0 Å². The second-order valence-corrected chi connectivity index (χ2v) is 6.75. The molecule has 1 aliphatic rings. The highest BCUT2D eigenvalue weighted by atomic mass is 16.5. The zero-order chi connectivity index (χ0) is 14.3. The van der Waals surface area contributed by atoms with E-state index in [-0.39, 0.29) is 5.41 Å². The van der Waals surface area contributed by atoms with Crippen LogP contribution in [0.2, 0.25) is 0 Å². The van der Waals surface area contributed by atoms with Gasteiger partial charge in [-0.25, -0.2) is 0 Å². The van der Waals surface area contributed by atoms with Crippen molar-refractivity contribution in [2.24, 2.45) is 11.3 Å². The summed E-state index contributed by atoms with van der Waals surface area (Å²) in [6, 6.07) is 0.593. The normalized spacial score (nSPS) is 25.6. The lowest BCUT2D eigenvalue weighted by molar-refractivity contribution is -0.123. The van der Waals surface area contributed by atoms with Crippen molar-refractivity contribution in [1.82, 2.24) is 5.32 Å². The Morgan fingerprint density at radius 2 is 2.00 bits per heavy atom. The average molecular weight is 271 g/mol. The van der Waals surface area contributed by atoms with E-state index in [1.807, 2.05) is 0 Å².